The maximum atomic E-state index is 6.32. The lowest BCUT2D eigenvalue weighted by Crippen LogP contribution is -2.18. The van der Waals surface area contributed by atoms with Crippen LogP contribution >= 0.6 is 11.8 Å². The largest absolute Gasteiger partial charge is 0.492 e. The Morgan fingerprint density at radius 1 is 1.20 bits per heavy atom. The first-order valence-electron chi connectivity index (χ1n) is 9.55. The van der Waals surface area contributed by atoms with E-state index in [1.165, 1.54) is 11.8 Å². The molecular weight excluding hydrogens is 400 g/mol. The van der Waals surface area contributed by atoms with Crippen LogP contribution in [0.2, 0.25) is 0 Å². The number of thioether (sulfide) groups is 1. The van der Waals surface area contributed by atoms with E-state index in [2.05, 4.69) is 27.1 Å². The van der Waals surface area contributed by atoms with Crippen molar-refractivity contribution >= 4 is 17.4 Å². The van der Waals surface area contributed by atoms with Gasteiger partial charge in [0.05, 0.1) is 19.3 Å². The Kier molecular flexibility index (Phi) is 6.04. The Labute approximate surface area is 179 Å². The molecule has 2 heterocycles. The zero-order valence-electron chi connectivity index (χ0n) is 16.8. The standard InChI is InChI=1S/C22H22N4O3S/c1-4-13-30-22-24-21-18(25-26-22)14-9-6-7-11-16(14)23-20(29-21)15-10-8-12-17(28-5-2)19(15)27-3/h4,6-12,20,23H,1,5,13H2,2-3H3. The first-order chi connectivity index (χ1) is 14.7. The third kappa shape index (κ3) is 3.91. The Morgan fingerprint density at radius 2 is 2.07 bits per heavy atom. The molecular formula is C22H22N4O3S. The zero-order valence-corrected chi connectivity index (χ0v) is 17.6. The summed E-state index contributed by atoms with van der Waals surface area (Å²) in [5.41, 5.74) is 3.12. The molecule has 7 nitrogen and oxygen atoms in total. The SMILES string of the molecule is C=CCSc1nnc2c(n1)OC(c1cccc(OCC)c1OC)Nc1ccccc1-2. The van der Waals surface area contributed by atoms with Gasteiger partial charge >= 0.3 is 0 Å². The number of aromatic nitrogens is 3. The van der Waals surface area contributed by atoms with Gasteiger partial charge in [0.15, 0.2) is 17.2 Å². The van der Waals surface area contributed by atoms with Crippen LogP contribution in [-0.4, -0.2) is 34.7 Å². The number of benzene rings is 2. The molecule has 0 saturated heterocycles. The van der Waals surface area contributed by atoms with Crippen LogP contribution < -0.4 is 19.5 Å². The normalized spacial score (nSPS) is 14.4. The van der Waals surface area contributed by atoms with Crippen molar-refractivity contribution in [3.63, 3.8) is 0 Å². The van der Waals surface area contributed by atoms with Gasteiger partial charge in [-0.15, -0.1) is 16.8 Å². The van der Waals surface area contributed by atoms with Gasteiger partial charge in [-0.1, -0.05) is 42.1 Å². The fourth-order valence-electron chi connectivity index (χ4n) is 3.21. The number of fused-ring (bicyclic) bond motifs is 3. The second-order valence-corrected chi connectivity index (χ2v) is 7.33. The second-order valence-electron chi connectivity index (χ2n) is 6.35. The summed E-state index contributed by atoms with van der Waals surface area (Å²) >= 11 is 1.45. The molecule has 1 atom stereocenters. The molecule has 8 heteroatoms. The molecule has 1 unspecified atom stereocenters. The highest BCUT2D eigenvalue weighted by Gasteiger charge is 2.28. The van der Waals surface area contributed by atoms with Gasteiger partial charge in [0.1, 0.15) is 0 Å². The number of anilines is 1. The van der Waals surface area contributed by atoms with Gasteiger partial charge in [0, 0.05) is 17.0 Å². The maximum Gasteiger partial charge on any atom is 0.247 e. The number of nitrogens with one attached hydrogen (secondary N) is 1. The van der Waals surface area contributed by atoms with Gasteiger partial charge in [-0.2, -0.15) is 4.98 Å². The number of methoxy groups -OCH3 is 1. The van der Waals surface area contributed by atoms with E-state index in [4.69, 9.17) is 14.2 Å². The molecule has 0 fully saturated rings. The average molecular weight is 423 g/mol. The topological polar surface area (TPSA) is 78.4 Å². The molecule has 154 valence electrons. The van der Waals surface area contributed by atoms with E-state index in [9.17, 15) is 0 Å². The molecule has 4 rings (SSSR count). The number of hydrogen-bond acceptors (Lipinski definition) is 8. The lowest BCUT2D eigenvalue weighted by molar-refractivity contribution is 0.217. The van der Waals surface area contributed by atoms with Crippen LogP contribution in [0.3, 0.4) is 0 Å². The zero-order chi connectivity index (χ0) is 20.9. The van der Waals surface area contributed by atoms with Crippen LogP contribution in [0.15, 0.2) is 60.3 Å². The maximum absolute atomic E-state index is 6.32. The fourth-order valence-corrected chi connectivity index (χ4v) is 3.72. The summed E-state index contributed by atoms with van der Waals surface area (Å²) in [5, 5.41) is 12.6. The third-order valence-electron chi connectivity index (χ3n) is 4.46. The van der Waals surface area contributed by atoms with E-state index in [0.717, 1.165) is 16.8 Å². The summed E-state index contributed by atoms with van der Waals surface area (Å²) in [6.45, 7) is 6.21. The van der Waals surface area contributed by atoms with Crippen LogP contribution in [0.1, 0.15) is 18.7 Å². The number of hydrogen-bond donors (Lipinski definition) is 1. The van der Waals surface area contributed by atoms with Crippen LogP contribution in [0.5, 0.6) is 17.4 Å². The Hall–Kier alpha value is -3.26. The first kappa shape index (κ1) is 20.0. The Bertz CT molecular complexity index is 1060. The minimum Gasteiger partial charge on any atom is -0.492 e. The van der Waals surface area contributed by atoms with Crippen molar-refractivity contribution < 1.29 is 14.2 Å². The van der Waals surface area contributed by atoms with Crippen molar-refractivity contribution in [1.29, 1.82) is 0 Å². The van der Waals surface area contributed by atoms with Crippen LogP contribution in [0.4, 0.5) is 5.69 Å². The monoisotopic (exact) mass is 422 g/mol. The van der Waals surface area contributed by atoms with E-state index in [1.807, 2.05) is 49.4 Å². The lowest BCUT2D eigenvalue weighted by atomic mass is 10.1. The molecule has 1 aliphatic rings. The number of para-hydroxylation sites is 2. The molecule has 2 aromatic carbocycles. The smallest absolute Gasteiger partial charge is 0.247 e. The van der Waals surface area contributed by atoms with Gasteiger partial charge in [0.25, 0.3) is 0 Å². The molecule has 3 aromatic rings. The van der Waals surface area contributed by atoms with Crippen LogP contribution in [-0.2, 0) is 0 Å². The van der Waals surface area contributed by atoms with Crippen molar-refractivity contribution in [2.24, 2.45) is 0 Å². The van der Waals surface area contributed by atoms with Crippen molar-refractivity contribution in [2.75, 3.05) is 24.8 Å². The summed E-state index contributed by atoms with van der Waals surface area (Å²) in [6.07, 6.45) is 1.24. The van der Waals surface area contributed by atoms with Gasteiger partial charge in [0.2, 0.25) is 17.3 Å². The van der Waals surface area contributed by atoms with Gasteiger partial charge in [-0.05, 0) is 25.1 Å². The molecule has 0 spiro atoms. The summed E-state index contributed by atoms with van der Waals surface area (Å²) < 4.78 is 17.7. The molecule has 0 bridgehead atoms. The average Bonchev–Trinajstić information content (AvgIpc) is 2.94. The highest BCUT2D eigenvalue weighted by atomic mass is 32.2. The van der Waals surface area contributed by atoms with Crippen LogP contribution in [0.25, 0.3) is 11.3 Å². The van der Waals surface area contributed by atoms with Gasteiger partial charge < -0.3 is 19.5 Å². The summed E-state index contributed by atoms with van der Waals surface area (Å²) in [4.78, 5) is 4.61. The third-order valence-corrected chi connectivity index (χ3v) is 5.29. The Morgan fingerprint density at radius 3 is 2.87 bits per heavy atom. The Balaban J connectivity index is 1.82. The number of nitrogens with zero attached hydrogens (tertiary/aromatic N) is 3. The minimum atomic E-state index is -0.559. The summed E-state index contributed by atoms with van der Waals surface area (Å²) in [6, 6.07) is 13.6. The minimum absolute atomic E-state index is 0.405. The predicted molar refractivity (Wildman–Crippen MR) is 117 cm³/mol. The molecule has 0 amide bonds. The number of rotatable bonds is 7. The highest BCUT2D eigenvalue weighted by molar-refractivity contribution is 7.99. The second kappa shape index (κ2) is 9.04. The van der Waals surface area contributed by atoms with E-state index >= 15 is 0 Å². The molecule has 0 radical (unpaired) electrons. The molecule has 1 N–H and O–H groups in total. The van der Waals surface area contributed by atoms with E-state index in [-0.39, 0.29) is 0 Å². The van der Waals surface area contributed by atoms with Gasteiger partial charge in [-0.25, -0.2) is 0 Å². The summed E-state index contributed by atoms with van der Waals surface area (Å²) in [7, 11) is 1.62. The van der Waals surface area contributed by atoms with Crippen molar-refractivity contribution in [1.82, 2.24) is 15.2 Å². The van der Waals surface area contributed by atoms with Crippen molar-refractivity contribution in [3.05, 3.63) is 60.7 Å². The molecule has 0 saturated carbocycles. The fraction of sp³-hybridized carbons (Fsp3) is 0.227. The van der Waals surface area contributed by atoms with Crippen LogP contribution in [0, 0.1) is 0 Å². The lowest BCUT2D eigenvalue weighted by Gasteiger charge is -2.22. The molecule has 30 heavy (non-hydrogen) atoms. The number of ether oxygens (including phenoxy) is 3. The quantitative estimate of drug-likeness (QED) is 0.433. The molecule has 1 aliphatic heterocycles. The van der Waals surface area contributed by atoms with Crippen molar-refractivity contribution in [2.45, 2.75) is 18.3 Å². The highest BCUT2D eigenvalue weighted by Crippen LogP contribution is 2.43. The predicted octanol–water partition coefficient (Wildman–Crippen LogP) is 4.73. The van der Waals surface area contributed by atoms with Gasteiger partial charge in [-0.3, -0.25) is 0 Å². The van der Waals surface area contributed by atoms with Crippen molar-refractivity contribution in [3.8, 4) is 28.6 Å². The van der Waals surface area contributed by atoms with E-state index < -0.39 is 6.23 Å². The van der Waals surface area contributed by atoms with E-state index in [0.29, 0.717) is 40.6 Å². The van der Waals surface area contributed by atoms with E-state index in [1.54, 1.807) is 13.2 Å². The summed E-state index contributed by atoms with van der Waals surface area (Å²) in [5.74, 6) is 2.36. The molecule has 1 aromatic heterocycles. The first-order valence-corrected chi connectivity index (χ1v) is 10.5. The molecule has 0 aliphatic carbocycles.